The number of carbonyl (C=O) groups is 1. The van der Waals surface area contributed by atoms with Crippen molar-refractivity contribution in [2.45, 2.75) is 13.3 Å². The zero-order chi connectivity index (χ0) is 14.4. The summed E-state index contributed by atoms with van der Waals surface area (Å²) in [6.07, 6.45) is 3.71. The Hall–Kier alpha value is -2.20. The first-order valence-corrected chi connectivity index (χ1v) is 6.63. The molecule has 0 atom stereocenters. The monoisotopic (exact) mass is 270 g/mol. The highest BCUT2D eigenvalue weighted by molar-refractivity contribution is 5.91. The molecule has 0 radical (unpaired) electrons. The number of rotatable bonds is 5. The number of aliphatic hydroxyl groups is 1. The van der Waals surface area contributed by atoms with Crippen molar-refractivity contribution in [1.29, 1.82) is 0 Å². The zero-order valence-electron chi connectivity index (χ0n) is 11.5. The van der Waals surface area contributed by atoms with Gasteiger partial charge in [0.1, 0.15) is 0 Å². The molecule has 0 bridgehead atoms. The molecular formula is C16H18N2O2. The van der Waals surface area contributed by atoms with E-state index in [1.807, 2.05) is 31.2 Å². The molecule has 20 heavy (non-hydrogen) atoms. The second kappa shape index (κ2) is 6.82. The van der Waals surface area contributed by atoms with Crippen LogP contribution in [-0.2, 0) is 4.79 Å². The minimum Gasteiger partial charge on any atom is -0.396 e. The Labute approximate surface area is 118 Å². The topological polar surface area (TPSA) is 62.2 Å². The smallest absolute Gasteiger partial charge is 0.244 e. The van der Waals surface area contributed by atoms with Crippen molar-refractivity contribution >= 4 is 22.9 Å². The molecule has 0 saturated heterocycles. The third kappa shape index (κ3) is 3.90. The number of carbonyl (C=O) groups excluding carboxylic acids is 1. The molecule has 2 rings (SSSR count). The maximum atomic E-state index is 11.5. The highest BCUT2D eigenvalue weighted by atomic mass is 16.3. The maximum Gasteiger partial charge on any atom is 0.244 e. The predicted octanol–water partition coefficient (Wildman–Crippen LogP) is 2.06. The summed E-state index contributed by atoms with van der Waals surface area (Å²) in [6.45, 7) is 2.60. The summed E-state index contributed by atoms with van der Waals surface area (Å²) in [7, 11) is 0. The van der Waals surface area contributed by atoms with Crippen LogP contribution in [0.1, 0.15) is 17.7 Å². The summed E-state index contributed by atoms with van der Waals surface area (Å²) >= 11 is 0. The van der Waals surface area contributed by atoms with Crippen molar-refractivity contribution in [1.82, 2.24) is 10.3 Å². The van der Waals surface area contributed by atoms with Gasteiger partial charge in [0.25, 0.3) is 0 Å². The van der Waals surface area contributed by atoms with Gasteiger partial charge in [-0.2, -0.15) is 0 Å². The van der Waals surface area contributed by atoms with Gasteiger partial charge in [0.15, 0.2) is 0 Å². The molecule has 1 amide bonds. The van der Waals surface area contributed by atoms with Gasteiger partial charge in [-0.3, -0.25) is 4.79 Å². The summed E-state index contributed by atoms with van der Waals surface area (Å²) in [5, 5.41) is 12.4. The predicted molar refractivity (Wildman–Crippen MR) is 80.2 cm³/mol. The first-order valence-electron chi connectivity index (χ1n) is 6.63. The minimum absolute atomic E-state index is 0.0790. The first-order chi connectivity index (χ1) is 9.69. The zero-order valence-corrected chi connectivity index (χ0v) is 11.5. The highest BCUT2D eigenvalue weighted by Gasteiger charge is 1.98. The quantitative estimate of drug-likeness (QED) is 0.645. The van der Waals surface area contributed by atoms with Gasteiger partial charge in [0.2, 0.25) is 5.91 Å². The number of nitrogens with one attached hydrogen (secondary N) is 1. The molecule has 1 aromatic carbocycles. The van der Waals surface area contributed by atoms with Crippen molar-refractivity contribution in [2.24, 2.45) is 0 Å². The summed E-state index contributed by atoms with van der Waals surface area (Å²) in [5.74, 6) is -0.177. The van der Waals surface area contributed by atoms with Crippen molar-refractivity contribution in [3.8, 4) is 0 Å². The second-order valence-corrected chi connectivity index (χ2v) is 4.63. The molecule has 2 N–H and O–H groups in total. The number of aromatic nitrogens is 1. The van der Waals surface area contributed by atoms with Gasteiger partial charge in [-0.25, -0.2) is 4.98 Å². The summed E-state index contributed by atoms with van der Waals surface area (Å²) < 4.78 is 0. The molecule has 1 aromatic heterocycles. The standard InChI is InChI=1S/C16H18N2O2/c1-12-3-7-15-13(11-12)4-5-14(18-15)6-8-16(20)17-9-2-10-19/h3-8,11,19H,2,9-10H2,1H3,(H,17,20)/b8-6+. The van der Waals surface area contributed by atoms with Crippen molar-refractivity contribution in [3.63, 3.8) is 0 Å². The number of hydrogen-bond acceptors (Lipinski definition) is 3. The second-order valence-electron chi connectivity index (χ2n) is 4.63. The molecule has 0 aliphatic carbocycles. The highest BCUT2D eigenvalue weighted by Crippen LogP contribution is 2.14. The minimum atomic E-state index is -0.177. The summed E-state index contributed by atoms with van der Waals surface area (Å²) in [4.78, 5) is 16.0. The van der Waals surface area contributed by atoms with Crippen molar-refractivity contribution < 1.29 is 9.90 Å². The number of aryl methyl sites for hydroxylation is 1. The van der Waals surface area contributed by atoms with Gasteiger partial charge in [0, 0.05) is 24.6 Å². The molecule has 0 fully saturated rings. The van der Waals surface area contributed by atoms with Crippen LogP contribution >= 0.6 is 0 Å². The van der Waals surface area contributed by atoms with Gasteiger partial charge in [-0.05, 0) is 37.6 Å². The largest absolute Gasteiger partial charge is 0.396 e. The van der Waals surface area contributed by atoms with E-state index >= 15 is 0 Å². The van der Waals surface area contributed by atoms with Crippen LogP contribution in [0.15, 0.2) is 36.4 Å². The number of benzene rings is 1. The number of fused-ring (bicyclic) bond motifs is 1. The van der Waals surface area contributed by atoms with Gasteiger partial charge >= 0.3 is 0 Å². The van der Waals surface area contributed by atoms with E-state index in [1.165, 1.54) is 11.6 Å². The molecule has 104 valence electrons. The fraction of sp³-hybridized carbons (Fsp3) is 0.250. The lowest BCUT2D eigenvalue weighted by atomic mass is 10.1. The average molecular weight is 270 g/mol. The summed E-state index contributed by atoms with van der Waals surface area (Å²) in [5.41, 5.74) is 2.86. The fourth-order valence-corrected chi connectivity index (χ4v) is 1.86. The molecule has 2 aromatic rings. The molecule has 0 saturated carbocycles. The lowest BCUT2D eigenvalue weighted by Crippen LogP contribution is -2.22. The Morgan fingerprint density at radius 1 is 1.35 bits per heavy atom. The van der Waals surface area contributed by atoms with E-state index in [2.05, 4.69) is 16.4 Å². The number of pyridine rings is 1. The van der Waals surface area contributed by atoms with Crippen LogP contribution in [0.3, 0.4) is 0 Å². The van der Waals surface area contributed by atoms with Crippen molar-refractivity contribution in [3.05, 3.63) is 47.7 Å². The van der Waals surface area contributed by atoms with Crippen LogP contribution in [-0.4, -0.2) is 29.1 Å². The molecular weight excluding hydrogens is 252 g/mol. The van der Waals surface area contributed by atoms with Crippen molar-refractivity contribution in [2.75, 3.05) is 13.2 Å². The fourth-order valence-electron chi connectivity index (χ4n) is 1.86. The van der Waals surface area contributed by atoms with Crippen LogP contribution in [0.2, 0.25) is 0 Å². The molecule has 4 heteroatoms. The van der Waals surface area contributed by atoms with Gasteiger partial charge in [0.05, 0.1) is 11.2 Å². The third-order valence-corrected chi connectivity index (χ3v) is 2.91. The molecule has 1 heterocycles. The van der Waals surface area contributed by atoms with E-state index < -0.39 is 0 Å². The number of nitrogens with zero attached hydrogens (tertiary/aromatic N) is 1. The number of aliphatic hydroxyl groups excluding tert-OH is 1. The van der Waals surface area contributed by atoms with Crippen LogP contribution in [0.4, 0.5) is 0 Å². The van der Waals surface area contributed by atoms with E-state index in [0.29, 0.717) is 13.0 Å². The number of hydrogen-bond donors (Lipinski definition) is 2. The van der Waals surface area contributed by atoms with E-state index in [0.717, 1.165) is 16.6 Å². The molecule has 0 aliphatic heterocycles. The van der Waals surface area contributed by atoms with E-state index in [-0.39, 0.29) is 12.5 Å². The lowest BCUT2D eigenvalue weighted by Gasteiger charge is -2.01. The van der Waals surface area contributed by atoms with Crippen LogP contribution < -0.4 is 5.32 Å². The van der Waals surface area contributed by atoms with Crippen LogP contribution in [0.25, 0.3) is 17.0 Å². The first kappa shape index (κ1) is 14.2. The van der Waals surface area contributed by atoms with Gasteiger partial charge in [-0.1, -0.05) is 17.7 Å². The maximum absolute atomic E-state index is 11.5. The summed E-state index contributed by atoms with van der Waals surface area (Å²) in [6, 6.07) is 9.96. The molecule has 4 nitrogen and oxygen atoms in total. The molecule has 0 unspecified atom stereocenters. The van der Waals surface area contributed by atoms with E-state index in [9.17, 15) is 4.79 Å². The Balaban J connectivity index is 2.06. The lowest BCUT2D eigenvalue weighted by molar-refractivity contribution is -0.116. The van der Waals surface area contributed by atoms with Crippen LogP contribution in [0.5, 0.6) is 0 Å². The Morgan fingerprint density at radius 2 is 2.20 bits per heavy atom. The van der Waals surface area contributed by atoms with Gasteiger partial charge < -0.3 is 10.4 Å². The average Bonchev–Trinajstić information content (AvgIpc) is 2.45. The third-order valence-electron chi connectivity index (χ3n) is 2.91. The van der Waals surface area contributed by atoms with E-state index in [4.69, 9.17) is 5.11 Å². The van der Waals surface area contributed by atoms with Gasteiger partial charge in [-0.15, -0.1) is 0 Å². The normalized spacial score (nSPS) is 11.1. The Bertz CT molecular complexity index is 635. The Kier molecular flexibility index (Phi) is 4.85. The SMILES string of the molecule is Cc1ccc2nc(/C=C/C(=O)NCCCO)ccc2c1. The Morgan fingerprint density at radius 3 is 3.00 bits per heavy atom. The molecule has 0 spiro atoms. The molecule has 0 aliphatic rings. The number of amides is 1. The van der Waals surface area contributed by atoms with E-state index in [1.54, 1.807) is 6.08 Å². The van der Waals surface area contributed by atoms with Crippen LogP contribution in [0, 0.1) is 6.92 Å².